The molecular weight excluding hydrogens is 309 g/mol. The van der Waals surface area contributed by atoms with Gasteiger partial charge in [0.25, 0.3) is 0 Å². The van der Waals surface area contributed by atoms with Gasteiger partial charge in [-0.15, -0.1) is 0 Å². The van der Waals surface area contributed by atoms with Crippen molar-refractivity contribution in [2.45, 2.75) is 24.7 Å². The number of benzene rings is 1. The molecule has 0 unspecified atom stereocenters. The number of ether oxygens (including phenoxy) is 1. The van der Waals surface area contributed by atoms with E-state index in [0.29, 0.717) is 18.4 Å². The summed E-state index contributed by atoms with van der Waals surface area (Å²) in [5.74, 6) is 0. The third kappa shape index (κ3) is 2.98. The molecule has 3 rings (SSSR count). The van der Waals surface area contributed by atoms with Gasteiger partial charge in [-0.1, -0.05) is 6.07 Å². The first-order valence-corrected chi connectivity index (χ1v) is 7.30. The fraction of sp³-hybridized carbons (Fsp3) is 0.438. The number of alkyl halides is 3. The van der Waals surface area contributed by atoms with Crippen molar-refractivity contribution in [3.63, 3.8) is 0 Å². The first kappa shape index (κ1) is 16.0. The van der Waals surface area contributed by atoms with E-state index >= 15 is 0 Å². The van der Waals surface area contributed by atoms with Crippen LogP contribution in [-0.4, -0.2) is 42.5 Å². The molecule has 2 atom stereocenters. The lowest BCUT2D eigenvalue weighted by atomic mass is 10.1. The highest BCUT2D eigenvalue weighted by Gasteiger charge is 2.34. The predicted molar refractivity (Wildman–Crippen MR) is 80.4 cm³/mol. The van der Waals surface area contributed by atoms with Crippen LogP contribution in [0.3, 0.4) is 0 Å². The van der Waals surface area contributed by atoms with E-state index < -0.39 is 11.7 Å². The molecule has 1 aromatic carbocycles. The Morgan fingerprint density at radius 3 is 2.78 bits per heavy atom. The van der Waals surface area contributed by atoms with Gasteiger partial charge < -0.3 is 14.7 Å². The number of anilines is 1. The minimum atomic E-state index is -4.39. The summed E-state index contributed by atoms with van der Waals surface area (Å²) in [6, 6.07) is 5.20. The summed E-state index contributed by atoms with van der Waals surface area (Å²) < 4.78 is 43.9. The SMILES string of the molecule is CO[C@H]1C[C@@H](CO)N(c2ccnc3cc(C(F)(F)F)ccc23)C1. The van der Waals surface area contributed by atoms with Gasteiger partial charge >= 0.3 is 6.18 Å². The molecule has 0 radical (unpaired) electrons. The molecule has 0 spiro atoms. The zero-order valence-electron chi connectivity index (χ0n) is 12.5. The van der Waals surface area contributed by atoms with Crippen LogP contribution < -0.4 is 4.90 Å². The quantitative estimate of drug-likeness (QED) is 0.942. The summed E-state index contributed by atoms with van der Waals surface area (Å²) in [7, 11) is 1.61. The van der Waals surface area contributed by atoms with E-state index in [2.05, 4.69) is 4.98 Å². The number of methoxy groups -OCH3 is 1. The fourth-order valence-electron chi connectivity index (χ4n) is 3.07. The van der Waals surface area contributed by atoms with Crippen molar-refractivity contribution in [1.82, 2.24) is 4.98 Å². The molecule has 1 saturated heterocycles. The van der Waals surface area contributed by atoms with Crippen molar-refractivity contribution in [2.75, 3.05) is 25.2 Å². The van der Waals surface area contributed by atoms with E-state index in [0.717, 1.165) is 17.8 Å². The molecule has 2 heterocycles. The van der Waals surface area contributed by atoms with Crippen LogP contribution in [0, 0.1) is 0 Å². The number of halogens is 3. The Hall–Kier alpha value is -1.86. The molecule has 0 aliphatic carbocycles. The van der Waals surface area contributed by atoms with Crippen LogP contribution in [0.25, 0.3) is 10.9 Å². The van der Waals surface area contributed by atoms with E-state index in [1.807, 2.05) is 4.90 Å². The number of pyridine rings is 1. The summed E-state index contributed by atoms with van der Waals surface area (Å²) in [5, 5.41) is 10.2. The summed E-state index contributed by atoms with van der Waals surface area (Å²) in [6.45, 7) is 0.548. The zero-order chi connectivity index (χ0) is 16.6. The van der Waals surface area contributed by atoms with E-state index in [1.165, 1.54) is 12.3 Å². The summed E-state index contributed by atoms with van der Waals surface area (Å²) in [4.78, 5) is 6.03. The Morgan fingerprint density at radius 2 is 2.13 bits per heavy atom. The number of nitrogens with zero attached hydrogens (tertiary/aromatic N) is 2. The molecule has 1 aliphatic heterocycles. The maximum Gasteiger partial charge on any atom is 0.416 e. The van der Waals surface area contributed by atoms with Gasteiger partial charge in [-0.25, -0.2) is 0 Å². The molecule has 1 aliphatic rings. The second kappa shape index (κ2) is 5.98. The molecule has 1 fully saturated rings. The van der Waals surface area contributed by atoms with E-state index in [4.69, 9.17) is 4.74 Å². The number of aliphatic hydroxyl groups excluding tert-OH is 1. The lowest BCUT2D eigenvalue weighted by Gasteiger charge is -2.26. The minimum Gasteiger partial charge on any atom is -0.394 e. The Morgan fingerprint density at radius 1 is 1.35 bits per heavy atom. The summed E-state index contributed by atoms with van der Waals surface area (Å²) in [5.41, 5.74) is 0.335. The van der Waals surface area contributed by atoms with Crippen molar-refractivity contribution in [3.8, 4) is 0 Å². The van der Waals surface area contributed by atoms with Crippen LogP contribution in [0.2, 0.25) is 0 Å². The van der Waals surface area contributed by atoms with Crippen molar-refractivity contribution < 1.29 is 23.0 Å². The number of hydrogen-bond donors (Lipinski definition) is 1. The molecule has 0 amide bonds. The van der Waals surface area contributed by atoms with Crippen molar-refractivity contribution in [2.24, 2.45) is 0 Å². The maximum absolute atomic E-state index is 12.8. The van der Waals surface area contributed by atoms with Crippen LogP contribution in [0.4, 0.5) is 18.9 Å². The number of hydrogen-bond acceptors (Lipinski definition) is 4. The van der Waals surface area contributed by atoms with Crippen LogP contribution in [-0.2, 0) is 10.9 Å². The highest BCUT2D eigenvalue weighted by Crippen LogP contribution is 2.35. The van der Waals surface area contributed by atoms with Crippen LogP contribution in [0.15, 0.2) is 30.5 Å². The van der Waals surface area contributed by atoms with E-state index in [1.54, 1.807) is 13.2 Å². The molecule has 7 heteroatoms. The zero-order valence-corrected chi connectivity index (χ0v) is 12.5. The Balaban J connectivity index is 2.05. The van der Waals surface area contributed by atoms with Crippen molar-refractivity contribution in [3.05, 3.63) is 36.0 Å². The monoisotopic (exact) mass is 326 g/mol. The van der Waals surface area contributed by atoms with Crippen molar-refractivity contribution in [1.29, 1.82) is 0 Å². The topological polar surface area (TPSA) is 45.6 Å². The van der Waals surface area contributed by atoms with E-state index in [9.17, 15) is 18.3 Å². The lowest BCUT2D eigenvalue weighted by molar-refractivity contribution is -0.137. The number of aliphatic hydroxyl groups is 1. The first-order valence-electron chi connectivity index (χ1n) is 7.30. The Labute approximate surface area is 131 Å². The molecule has 0 saturated carbocycles. The molecular formula is C16H17F3N2O2. The highest BCUT2D eigenvalue weighted by atomic mass is 19.4. The molecule has 1 N–H and O–H groups in total. The van der Waals surface area contributed by atoms with Gasteiger partial charge in [0.2, 0.25) is 0 Å². The number of rotatable bonds is 3. The molecule has 2 aromatic rings. The van der Waals surface area contributed by atoms with Gasteiger partial charge in [-0.3, -0.25) is 4.98 Å². The number of aromatic nitrogens is 1. The van der Waals surface area contributed by atoms with Gasteiger partial charge in [0, 0.05) is 30.9 Å². The third-order valence-electron chi connectivity index (χ3n) is 4.28. The van der Waals surface area contributed by atoms with Gasteiger partial charge in [0.05, 0.1) is 29.8 Å². The van der Waals surface area contributed by atoms with Gasteiger partial charge in [0.1, 0.15) is 0 Å². The predicted octanol–water partition coefficient (Wildman–Crippen LogP) is 2.84. The maximum atomic E-state index is 12.8. The molecule has 23 heavy (non-hydrogen) atoms. The molecule has 124 valence electrons. The van der Waals surface area contributed by atoms with E-state index in [-0.39, 0.29) is 24.3 Å². The normalized spacial score (nSPS) is 22.0. The van der Waals surface area contributed by atoms with Gasteiger partial charge in [0.15, 0.2) is 0 Å². The molecule has 4 nitrogen and oxygen atoms in total. The largest absolute Gasteiger partial charge is 0.416 e. The van der Waals surface area contributed by atoms with Crippen LogP contribution in [0.1, 0.15) is 12.0 Å². The van der Waals surface area contributed by atoms with Gasteiger partial charge in [-0.2, -0.15) is 13.2 Å². The smallest absolute Gasteiger partial charge is 0.394 e. The standard InChI is InChI=1S/C16H17F3N2O2/c1-23-12-7-11(9-22)21(8-12)15-4-5-20-14-6-10(16(17,18)19)2-3-13(14)15/h2-6,11-12,22H,7-9H2,1H3/t11-,12-/m0/s1. The summed E-state index contributed by atoms with van der Waals surface area (Å²) >= 11 is 0. The molecule has 1 aromatic heterocycles. The second-order valence-electron chi connectivity index (χ2n) is 5.64. The average molecular weight is 326 g/mol. The highest BCUT2D eigenvalue weighted by molar-refractivity contribution is 5.92. The third-order valence-corrected chi connectivity index (χ3v) is 4.28. The first-order chi connectivity index (χ1) is 10.9. The Bertz CT molecular complexity index is 705. The van der Waals surface area contributed by atoms with Crippen molar-refractivity contribution >= 4 is 16.6 Å². The molecule has 0 bridgehead atoms. The fourth-order valence-corrected chi connectivity index (χ4v) is 3.07. The van der Waals surface area contributed by atoms with Gasteiger partial charge in [-0.05, 0) is 24.6 Å². The van der Waals surface area contributed by atoms with Crippen LogP contribution in [0.5, 0.6) is 0 Å². The van der Waals surface area contributed by atoms with Crippen LogP contribution >= 0.6 is 0 Å². The summed E-state index contributed by atoms with van der Waals surface area (Å²) in [6.07, 6.45) is -2.23. The number of fused-ring (bicyclic) bond motifs is 1. The second-order valence-corrected chi connectivity index (χ2v) is 5.64. The Kier molecular flexibility index (Phi) is 4.16. The minimum absolute atomic E-state index is 0.00943. The lowest BCUT2D eigenvalue weighted by Crippen LogP contribution is -2.32. The average Bonchev–Trinajstić information content (AvgIpc) is 2.96.